The molecule has 0 atom stereocenters. The van der Waals surface area contributed by atoms with E-state index in [9.17, 15) is 17.6 Å². The average Bonchev–Trinajstić information content (AvgIpc) is 1.99. The molecule has 0 aliphatic rings. The van der Waals surface area contributed by atoms with Gasteiger partial charge < -0.3 is 5.43 Å². The highest BCUT2D eigenvalue weighted by molar-refractivity contribution is 6.30. The fraction of sp³-hybridized carbons (Fsp3) is 0.143. The van der Waals surface area contributed by atoms with Crippen molar-refractivity contribution in [2.75, 3.05) is 5.43 Å². The molecule has 0 aliphatic carbocycles. The van der Waals surface area contributed by atoms with Crippen LogP contribution in [0.2, 0.25) is 5.02 Å². The Morgan fingerprint density at radius 1 is 1.29 bits per heavy atom. The van der Waals surface area contributed by atoms with E-state index in [2.05, 4.69) is 0 Å². The van der Waals surface area contributed by atoms with Crippen molar-refractivity contribution in [2.45, 2.75) is 6.18 Å². The molecule has 3 N–H and O–H groups in total. The monoisotopic (exact) mass is 228 g/mol. The Hall–Kier alpha value is -1.01. The number of anilines is 1. The van der Waals surface area contributed by atoms with Gasteiger partial charge in [0, 0.05) is 5.02 Å². The molecule has 1 rings (SSSR count). The van der Waals surface area contributed by atoms with E-state index in [1.54, 1.807) is 5.43 Å². The molecule has 0 bridgehead atoms. The van der Waals surface area contributed by atoms with Gasteiger partial charge in [-0.3, -0.25) is 5.84 Å². The minimum atomic E-state index is -4.81. The molecule has 0 amide bonds. The molecule has 78 valence electrons. The van der Waals surface area contributed by atoms with Crippen LogP contribution in [0.4, 0.5) is 23.2 Å². The highest BCUT2D eigenvalue weighted by Gasteiger charge is 2.37. The summed E-state index contributed by atoms with van der Waals surface area (Å²) < 4.78 is 49.6. The van der Waals surface area contributed by atoms with Crippen LogP contribution in [0.25, 0.3) is 0 Å². The average molecular weight is 229 g/mol. The van der Waals surface area contributed by atoms with Crippen LogP contribution >= 0.6 is 11.6 Å². The summed E-state index contributed by atoms with van der Waals surface area (Å²) in [5.74, 6) is 3.35. The van der Waals surface area contributed by atoms with Gasteiger partial charge in [-0.2, -0.15) is 13.2 Å². The zero-order valence-corrected chi connectivity index (χ0v) is 7.38. The van der Waals surface area contributed by atoms with E-state index >= 15 is 0 Å². The van der Waals surface area contributed by atoms with Crippen molar-refractivity contribution in [2.24, 2.45) is 5.84 Å². The molecule has 1 aromatic carbocycles. The number of nitrogen functional groups attached to an aromatic ring is 1. The first-order valence-electron chi connectivity index (χ1n) is 3.39. The SMILES string of the molecule is NNc1cc(Cl)cc(F)c1C(F)(F)F. The zero-order valence-electron chi connectivity index (χ0n) is 6.62. The molecule has 0 aromatic heterocycles. The number of benzene rings is 1. The minimum absolute atomic E-state index is 0.163. The summed E-state index contributed by atoms with van der Waals surface area (Å²) in [6.45, 7) is 0. The van der Waals surface area contributed by atoms with Crippen molar-refractivity contribution < 1.29 is 17.6 Å². The van der Waals surface area contributed by atoms with Crippen LogP contribution in [0.1, 0.15) is 5.56 Å². The summed E-state index contributed by atoms with van der Waals surface area (Å²) in [5, 5.41) is -0.163. The zero-order chi connectivity index (χ0) is 10.9. The maximum absolute atomic E-state index is 12.9. The number of hydrogen-bond donors (Lipinski definition) is 2. The highest BCUT2D eigenvalue weighted by atomic mass is 35.5. The predicted molar refractivity (Wildman–Crippen MR) is 44.2 cm³/mol. The number of alkyl halides is 3. The van der Waals surface area contributed by atoms with Crippen LogP contribution in [0.15, 0.2) is 12.1 Å². The van der Waals surface area contributed by atoms with Crippen LogP contribution in [-0.4, -0.2) is 0 Å². The fourth-order valence-corrected chi connectivity index (χ4v) is 1.18. The Balaban J connectivity index is 3.40. The van der Waals surface area contributed by atoms with Crippen molar-refractivity contribution in [3.05, 3.63) is 28.5 Å². The quantitative estimate of drug-likeness (QED) is 0.441. The Morgan fingerprint density at radius 3 is 2.29 bits per heavy atom. The third-order valence-electron chi connectivity index (χ3n) is 1.49. The lowest BCUT2D eigenvalue weighted by Crippen LogP contribution is -2.16. The summed E-state index contributed by atoms with van der Waals surface area (Å²) in [6.07, 6.45) is -4.81. The molecule has 0 heterocycles. The summed E-state index contributed by atoms with van der Waals surface area (Å²) in [6, 6.07) is 1.47. The summed E-state index contributed by atoms with van der Waals surface area (Å²) in [5.41, 5.74) is -0.310. The van der Waals surface area contributed by atoms with Gasteiger partial charge in [-0.25, -0.2) is 4.39 Å². The van der Waals surface area contributed by atoms with Gasteiger partial charge in [0.05, 0.1) is 5.69 Å². The Bertz CT molecular complexity index is 350. The second-order valence-corrected chi connectivity index (χ2v) is 2.89. The highest BCUT2D eigenvalue weighted by Crippen LogP contribution is 2.37. The topological polar surface area (TPSA) is 38.0 Å². The van der Waals surface area contributed by atoms with E-state index in [1.807, 2.05) is 0 Å². The fourth-order valence-electron chi connectivity index (χ4n) is 0.976. The standard InChI is InChI=1S/C7H5ClF4N2/c8-3-1-4(9)6(7(10,11)12)5(2-3)14-13/h1-2,14H,13H2. The molecule has 1 aromatic rings. The van der Waals surface area contributed by atoms with E-state index in [4.69, 9.17) is 17.4 Å². The normalized spacial score (nSPS) is 11.6. The smallest absolute Gasteiger partial charge is 0.323 e. The first kappa shape index (κ1) is 11.1. The third kappa shape index (κ3) is 2.08. The largest absolute Gasteiger partial charge is 0.421 e. The van der Waals surface area contributed by atoms with Crippen molar-refractivity contribution in [1.29, 1.82) is 0 Å². The van der Waals surface area contributed by atoms with Gasteiger partial charge in [-0.05, 0) is 12.1 Å². The lowest BCUT2D eigenvalue weighted by Gasteiger charge is -2.13. The molecular weight excluding hydrogens is 224 g/mol. The van der Waals surface area contributed by atoms with Gasteiger partial charge in [-0.15, -0.1) is 0 Å². The molecule has 0 saturated carbocycles. The van der Waals surface area contributed by atoms with Gasteiger partial charge in [0.1, 0.15) is 11.4 Å². The van der Waals surface area contributed by atoms with Gasteiger partial charge in [-0.1, -0.05) is 11.6 Å². The van der Waals surface area contributed by atoms with E-state index in [0.29, 0.717) is 6.07 Å². The van der Waals surface area contributed by atoms with Crippen LogP contribution in [-0.2, 0) is 6.18 Å². The van der Waals surface area contributed by atoms with Crippen molar-refractivity contribution in [3.63, 3.8) is 0 Å². The minimum Gasteiger partial charge on any atom is -0.323 e. The molecule has 0 saturated heterocycles. The van der Waals surface area contributed by atoms with Crippen molar-refractivity contribution in [1.82, 2.24) is 0 Å². The maximum Gasteiger partial charge on any atom is 0.421 e. The lowest BCUT2D eigenvalue weighted by molar-refractivity contribution is -0.139. The van der Waals surface area contributed by atoms with Crippen LogP contribution < -0.4 is 11.3 Å². The summed E-state index contributed by atoms with van der Waals surface area (Å²) in [4.78, 5) is 0. The Morgan fingerprint density at radius 2 is 1.86 bits per heavy atom. The van der Waals surface area contributed by atoms with Gasteiger partial charge in [0.15, 0.2) is 0 Å². The molecule has 2 nitrogen and oxygen atoms in total. The van der Waals surface area contributed by atoms with Crippen molar-refractivity contribution in [3.8, 4) is 0 Å². The molecule has 7 heteroatoms. The summed E-state index contributed by atoms with van der Waals surface area (Å²) in [7, 11) is 0. The second-order valence-electron chi connectivity index (χ2n) is 2.45. The van der Waals surface area contributed by atoms with Gasteiger partial charge in [0.2, 0.25) is 0 Å². The lowest BCUT2D eigenvalue weighted by atomic mass is 10.1. The first-order valence-corrected chi connectivity index (χ1v) is 3.77. The molecule has 0 spiro atoms. The van der Waals surface area contributed by atoms with Crippen molar-refractivity contribution >= 4 is 17.3 Å². The number of rotatable bonds is 1. The second kappa shape index (κ2) is 3.62. The number of nitrogens with two attached hydrogens (primary N) is 1. The van der Waals surface area contributed by atoms with E-state index < -0.39 is 23.2 Å². The van der Waals surface area contributed by atoms with Crippen LogP contribution in [0.5, 0.6) is 0 Å². The molecule has 14 heavy (non-hydrogen) atoms. The molecule has 0 fully saturated rings. The molecule has 0 aliphatic heterocycles. The first-order chi connectivity index (χ1) is 6.36. The Kier molecular flexibility index (Phi) is 2.86. The predicted octanol–water partition coefficient (Wildman–Crippen LogP) is 2.78. The number of nitrogens with one attached hydrogen (secondary N) is 1. The van der Waals surface area contributed by atoms with Gasteiger partial charge >= 0.3 is 6.18 Å². The van der Waals surface area contributed by atoms with E-state index in [-0.39, 0.29) is 5.02 Å². The number of halogens is 5. The third-order valence-corrected chi connectivity index (χ3v) is 1.71. The molecular formula is C7H5ClF4N2. The van der Waals surface area contributed by atoms with E-state index in [0.717, 1.165) is 6.07 Å². The molecule has 0 unspecified atom stereocenters. The number of hydrazine groups is 1. The van der Waals surface area contributed by atoms with Gasteiger partial charge in [0.25, 0.3) is 0 Å². The van der Waals surface area contributed by atoms with E-state index in [1.165, 1.54) is 0 Å². The summed E-state index contributed by atoms with van der Waals surface area (Å²) >= 11 is 5.35. The number of hydrogen-bond acceptors (Lipinski definition) is 2. The maximum atomic E-state index is 12.9. The van der Waals surface area contributed by atoms with Crippen LogP contribution in [0.3, 0.4) is 0 Å². The van der Waals surface area contributed by atoms with Crippen LogP contribution in [0, 0.1) is 5.82 Å². The Labute approximate surface area is 81.6 Å². The molecule has 0 radical (unpaired) electrons.